The van der Waals surface area contributed by atoms with E-state index < -0.39 is 0 Å². The highest BCUT2D eigenvalue weighted by atomic mass is 79.9. The maximum Gasteiger partial charge on any atom is 0.274 e. The van der Waals surface area contributed by atoms with E-state index in [0.717, 1.165) is 36.3 Å². The van der Waals surface area contributed by atoms with Crippen LogP contribution in [0.4, 0.5) is 0 Å². The first-order valence-corrected chi connectivity index (χ1v) is 7.35. The molecule has 0 atom stereocenters. The number of carbonyl (C=O) groups excluding carboxylic acids is 1. The van der Waals surface area contributed by atoms with Crippen molar-refractivity contribution in [2.75, 3.05) is 26.2 Å². The number of aromatic nitrogens is 2. The van der Waals surface area contributed by atoms with Crippen molar-refractivity contribution in [3.63, 3.8) is 0 Å². The van der Waals surface area contributed by atoms with Crippen LogP contribution in [-0.2, 0) is 0 Å². The Kier molecular flexibility index (Phi) is 5.39. The normalized spacial score (nSPS) is 14.6. The number of amides is 1. The number of piperazine rings is 1. The summed E-state index contributed by atoms with van der Waals surface area (Å²) >= 11 is 3.43. The Morgan fingerprint density at radius 2 is 2.00 bits per heavy atom. The Balaban J connectivity index is 0.00000161. The lowest BCUT2D eigenvalue weighted by molar-refractivity contribution is 0.0729. The van der Waals surface area contributed by atoms with Crippen molar-refractivity contribution < 1.29 is 4.79 Å². The lowest BCUT2D eigenvalue weighted by atomic mass is 10.3. The topological polar surface area (TPSA) is 50.2 Å². The van der Waals surface area contributed by atoms with E-state index in [1.165, 1.54) is 0 Å². The summed E-state index contributed by atoms with van der Waals surface area (Å²) in [6, 6.07) is 9.59. The molecule has 0 aliphatic carbocycles. The van der Waals surface area contributed by atoms with Gasteiger partial charge in [-0.05, 0) is 24.3 Å². The molecular formula is C14H16BrClN4O. The number of benzene rings is 1. The van der Waals surface area contributed by atoms with Crippen molar-refractivity contribution in [1.82, 2.24) is 20.0 Å². The zero-order chi connectivity index (χ0) is 13.9. The van der Waals surface area contributed by atoms with E-state index in [0.29, 0.717) is 5.69 Å². The number of hydrogen-bond donors (Lipinski definition) is 1. The molecule has 1 amide bonds. The van der Waals surface area contributed by atoms with Gasteiger partial charge in [-0.15, -0.1) is 12.4 Å². The van der Waals surface area contributed by atoms with Gasteiger partial charge in [0.2, 0.25) is 0 Å². The zero-order valence-corrected chi connectivity index (χ0v) is 13.7. The first-order valence-electron chi connectivity index (χ1n) is 6.56. The molecule has 5 nitrogen and oxygen atoms in total. The summed E-state index contributed by atoms with van der Waals surface area (Å²) in [7, 11) is 0. The number of nitrogens with zero attached hydrogens (tertiary/aromatic N) is 3. The van der Waals surface area contributed by atoms with E-state index in [4.69, 9.17) is 0 Å². The lowest BCUT2D eigenvalue weighted by Gasteiger charge is -2.26. The predicted octanol–water partition coefficient (Wildman–Crippen LogP) is 2.10. The van der Waals surface area contributed by atoms with Gasteiger partial charge in [-0.25, -0.2) is 4.68 Å². The Bertz CT molecular complexity index is 625. The lowest BCUT2D eigenvalue weighted by Crippen LogP contribution is -2.46. The number of carbonyl (C=O) groups is 1. The quantitative estimate of drug-likeness (QED) is 0.879. The fraction of sp³-hybridized carbons (Fsp3) is 0.286. The number of nitrogens with one attached hydrogen (secondary N) is 1. The highest BCUT2D eigenvalue weighted by Gasteiger charge is 2.20. The van der Waals surface area contributed by atoms with Crippen molar-refractivity contribution in [3.05, 3.63) is 46.7 Å². The molecule has 1 aliphatic rings. The molecule has 1 N–H and O–H groups in total. The highest BCUT2D eigenvalue weighted by Crippen LogP contribution is 2.15. The molecule has 1 aromatic carbocycles. The third-order valence-corrected chi connectivity index (χ3v) is 3.78. The molecule has 112 valence electrons. The summed E-state index contributed by atoms with van der Waals surface area (Å²) in [5.74, 6) is 0.000229. The van der Waals surface area contributed by atoms with Gasteiger partial charge in [0, 0.05) is 36.8 Å². The molecule has 1 fully saturated rings. The van der Waals surface area contributed by atoms with Crippen LogP contribution < -0.4 is 5.32 Å². The van der Waals surface area contributed by atoms with Crippen molar-refractivity contribution in [1.29, 1.82) is 0 Å². The van der Waals surface area contributed by atoms with Gasteiger partial charge >= 0.3 is 0 Å². The maximum absolute atomic E-state index is 12.3. The van der Waals surface area contributed by atoms with Crippen molar-refractivity contribution in [2.45, 2.75) is 0 Å². The summed E-state index contributed by atoms with van der Waals surface area (Å²) in [6.45, 7) is 3.17. The Labute approximate surface area is 137 Å². The van der Waals surface area contributed by atoms with Gasteiger partial charge in [0.25, 0.3) is 5.91 Å². The first kappa shape index (κ1) is 16.0. The van der Waals surface area contributed by atoms with Crippen LogP contribution in [0.2, 0.25) is 0 Å². The molecule has 21 heavy (non-hydrogen) atoms. The Morgan fingerprint density at radius 1 is 1.24 bits per heavy atom. The van der Waals surface area contributed by atoms with E-state index in [-0.39, 0.29) is 18.3 Å². The predicted molar refractivity (Wildman–Crippen MR) is 87.3 cm³/mol. The molecule has 3 rings (SSSR count). The molecule has 7 heteroatoms. The van der Waals surface area contributed by atoms with Crippen LogP contribution in [0.5, 0.6) is 0 Å². The number of rotatable bonds is 2. The second-order valence-corrected chi connectivity index (χ2v) is 5.58. The van der Waals surface area contributed by atoms with Gasteiger partial charge < -0.3 is 10.2 Å². The van der Waals surface area contributed by atoms with Gasteiger partial charge in [-0.3, -0.25) is 4.79 Å². The summed E-state index contributed by atoms with van der Waals surface area (Å²) in [5.41, 5.74) is 1.42. The Morgan fingerprint density at radius 3 is 2.71 bits per heavy atom. The van der Waals surface area contributed by atoms with Crippen molar-refractivity contribution in [2.24, 2.45) is 0 Å². The minimum atomic E-state index is 0. The van der Waals surface area contributed by atoms with Crippen molar-refractivity contribution in [3.8, 4) is 5.69 Å². The fourth-order valence-corrected chi connectivity index (χ4v) is 2.62. The van der Waals surface area contributed by atoms with Crippen LogP contribution in [0, 0.1) is 0 Å². The van der Waals surface area contributed by atoms with Crippen LogP contribution in [-0.4, -0.2) is 46.8 Å². The Hall–Kier alpha value is -1.37. The smallest absolute Gasteiger partial charge is 0.274 e. The van der Waals surface area contributed by atoms with Crippen LogP contribution >= 0.6 is 28.3 Å². The maximum atomic E-state index is 12.3. The fourth-order valence-electron chi connectivity index (χ4n) is 2.23. The molecule has 2 aromatic rings. The first-order chi connectivity index (χ1) is 9.74. The minimum Gasteiger partial charge on any atom is -0.335 e. The molecule has 2 heterocycles. The standard InChI is InChI=1S/C14H15BrN4O.ClH/c15-11-2-1-3-12(10-11)19-7-4-13(17-19)14(20)18-8-5-16-6-9-18;/h1-4,7,10,16H,5-6,8-9H2;1H. The molecule has 0 spiro atoms. The van der Waals surface area contributed by atoms with E-state index in [2.05, 4.69) is 26.3 Å². The van der Waals surface area contributed by atoms with Gasteiger partial charge in [0.05, 0.1) is 5.69 Å². The van der Waals surface area contributed by atoms with Crippen molar-refractivity contribution >= 4 is 34.2 Å². The van der Waals surface area contributed by atoms with Gasteiger partial charge in [-0.2, -0.15) is 5.10 Å². The van der Waals surface area contributed by atoms with Crippen LogP contribution in [0.25, 0.3) is 5.69 Å². The highest BCUT2D eigenvalue weighted by molar-refractivity contribution is 9.10. The average molecular weight is 372 g/mol. The SMILES string of the molecule is Cl.O=C(c1ccn(-c2cccc(Br)c2)n1)N1CCNCC1. The van der Waals surface area contributed by atoms with E-state index in [9.17, 15) is 4.79 Å². The largest absolute Gasteiger partial charge is 0.335 e. The average Bonchev–Trinajstić information content (AvgIpc) is 2.97. The summed E-state index contributed by atoms with van der Waals surface area (Å²) in [5, 5.41) is 7.61. The van der Waals surface area contributed by atoms with Gasteiger partial charge in [-0.1, -0.05) is 22.0 Å². The molecule has 1 aromatic heterocycles. The van der Waals surface area contributed by atoms with Crippen LogP contribution in [0.3, 0.4) is 0 Å². The number of hydrogen-bond acceptors (Lipinski definition) is 3. The minimum absolute atomic E-state index is 0. The van der Waals surface area contributed by atoms with Gasteiger partial charge in [0.15, 0.2) is 5.69 Å². The van der Waals surface area contributed by atoms with E-state index >= 15 is 0 Å². The molecule has 1 aliphatic heterocycles. The second kappa shape index (κ2) is 7.06. The molecule has 0 radical (unpaired) electrons. The summed E-state index contributed by atoms with van der Waals surface area (Å²) in [4.78, 5) is 14.2. The molecule has 0 bridgehead atoms. The van der Waals surface area contributed by atoms with Crippen LogP contribution in [0.1, 0.15) is 10.5 Å². The molecule has 0 saturated carbocycles. The summed E-state index contributed by atoms with van der Waals surface area (Å²) < 4.78 is 2.71. The summed E-state index contributed by atoms with van der Waals surface area (Å²) in [6.07, 6.45) is 1.82. The third kappa shape index (κ3) is 3.64. The zero-order valence-electron chi connectivity index (χ0n) is 11.3. The number of halogens is 2. The molecule has 0 unspecified atom stereocenters. The van der Waals surface area contributed by atoms with Gasteiger partial charge in [0.1, 0.15) is 0 Å². The third-order valence-electron chi connectivity index (χ3n) is 3.29. The monoisotopic (exact) mass is 370 g/mol. The van der Waals surface area contributed by atoms with Crippen LogP contribution in [0.15, 0.2) is 41.0 Å². The van der Waals surface area contributed by atoms with E-state index in [1.807, 2.05) is 35.4 Å². The van der Waals surface area contributed by atoms with E-state index in [1.54, 1.807) is 10.7 Å². The molecule has 1 saturated heterocycles. The second-order valence-electron chi connectivity index (χ2n) is 4.67. The molecular weight excluding hydrogens is 356 g/mol.